The molecule has 212 valence electrons. The third-order valence-electron chi connectivity index (χ3n) is 5.68. The second kappa shape index (κ2) is 12.8. The number of methoxy groups -OCH3 is 2. The number of pyridine rings is 2. The lowest BCUT2D eigenvalue weighted by atomic mass is 9.94. The van der Waals surface area contributed by atoms with Crippen molar-refractivity contribution in [3.8, 4) is 0 Å². The number of halogens is 1. The average Bonchev–Trinajstić information content (AvgIpc) is 2.90. The first-order valence-corrected chi connectivity index (χ1v) is 12.9. The molecule has 0 bridgehead atoms. The Balaban J connectivity index is 0.000000238. The predicted octanol–water partition coefficient (Wildman–Crippen LogP) is 2.85. The van der Waals surface area contributed by atoms with Gasteiger partial charge in [0.1, 0.15) is 29.1 Å². The van der Waals surface area contributed by atoms with E-state index >= 15 is 0 Å². The number of carbonyl (C=O) groups excluding carboxylic acids is 5. The van der Waals surface area contributed by atoms with Crippen molar-refractivity contribution in [3.63, 3.8) is 0 Å². The molecule has 2 amide bonds. The monoisotopic (exact) mass is 616 g/mol. The number of nitrogens with one attached hydrogen (secondary N) is 2. The molecule has 0 saturated heterocycles. The molecule has 2 aromatic rings. The van der Waals surface area contributed by atoms with Crippen LogP contribution in [0.2, 0.25) is 0 Å². The van der Waals surface area contributed by atoms with E-state index in [4.69, 9.17) is 4.74 Å². The molecule has 13 heteroatoms. The molecular weight excluding hydrogens is 588 g/mol. The summed E-state index contributed by atoms with van der Waals surface area (Å²) in [7, 11) is 2.51. The number of hydrogen-bond acceptors (Lipinski definition) is 10. The van der Waals surface area contributed by atoms with Crippen LogP contribution in [-0.2, 0) is 51.0 Å². The Kier molecular flexibility index (Phi) is 9.74. The minimum atomic E-state index is -0.894. The van der Waals surface area contributed by atoms with Crippen molar-refractivity contribution in [2.75, 3.05) is 24.9 Å². The van der Waals surface area contributed by atoms with Crippen LogP contribution in [0.3, 0.4) is 0 Å². The Morgan fingerprint density at radius 1 is 0.900 bits per heavy atom. The van der Waals surface area contributed by atoms with Gasteiger partial charge in [0.05, 0.1) is 14.2 Å². The number of carbonyl (C=O) groups is 5. The van der Waals surface area contributed by atoms with Gasteiger partial charge in [-0.1, -0.05) is 0 Å². The van der Waals surface area contributed by atoms with Crippen molar-refractivity contribution < 1.29 is 38.2 Å². The third-order valence-corrected chi connectivity index (χ3v) is 6.11. The van der Waals surface area contributed by atoms with Gasteiger partial charge in [0.2, 0.25) is 11.8 Å². The molecule has 4 rings (SSSR count). The highest BCUT2D eigenvalue weighted by Crippen LogP contribution is 2.27. The molecule has 2 aromatic heterocycles. The zero-order chi connectivity index (χ0) is 29.6. The van der Waals surface area contributed by atoms with E-state index < -0.39 is 41.3 Å². The number of aromatic nitrogens is 2. The first-order valence-electron chi connectivity index (χ1n) is 12.1. The lowest BCUT2D eigenvalue weighted by Gasteiger charge is -2.22. The van der Waals surface area contributed by atoms with Crippen molar-refractivity contribution >= 4 is 63.4 Å². The zero-order valence-electron chi connectivity index (χ0n) is 22.6. The van der Waals surface area contributed by atoms with Crippen LogP contribution in [0.5, 0.6) is 0 Å². The second-order valence-electron chi connectivity index (χ2n) is 9.84. The molecule has 0 saturated carbocycles. The Labute approximate surface area is 239 Å². The summed E-state index contributed by atoms with van der Waals surface area (Å²) in [5, 5.41) is 5.16. The van der Waals surface area contributed by atoms with E-state index in [0.717, 1.165) is 10.0 Å². The second-order valence-corrected chi connectivity index (χ2v) is 10.8. The number of fused-ring (bicyclic) bond motifs is 2. The lowest BCUT2D eigenvalue weighted by molar-refractivity contribution is -0.150. The maximum Gasteiger partial charge on any atom is 0.331 e. The number of anilines is 2. The minimum Gasteiger partial charge on any atom is -0.468 e. The Morgan fingerprint density at radius 2 is 1.40 bits per heavy atom. The molecule has 2 aliphatic rings. The van der Waals surface area contributed by atoms with Gasteiger partial charge < -0.3 is 24.8 Å². The summed E-state index contributed by atoms with van der Waals surface area (Å²) in [6.07, 6.45) is 6.53. The highest BCUT2D eigenvalue weighted by molar-refractivity contribution is 9.10. The van der Waals surface area contributed by atoms with E-state index in [1.54, 1.807) is 39.1 Å². The predicted molar refractivity (Wildman–Crippen MR) is 147 cm³/mol. The molecular formula is C27H29BrN4O8. The molecule has 2 atom stereocenters. The first kappa shape index (κ1) is 30.4. The fourth-order valence-electron chi connectivity index (χ4n) is 3.84. The summed E-state index contributed by atoms with van der Waals surface area (Å²) in [4.78, 5) is 66.3. The van der Waals surface area contributed by atoms with Gasteiger partial charge in [0.25, 0.3) is 0 Å². The normalized spacial score (nSPS) is 17.8. The summed E-state index contributed by atoms with van der Waals surface area (Å²) < 4.78 is 15.2. The topological polar surface area (TPSA) is 163 Å². The van der Waals surface area contributed by atoms with Gasteiger partial charge in [-0.3, -0.25) is 19.2 Å². The molecule has 2 aliphatic heterocycles. The van der Waals surface area contributed by atoms with E-state index in [1.807, 2.05) is 6.07 Å². The quantitative estimate of drug-likeness (QED) is 0.226. The molecule has 0 aromatic carbocycles. The van der Waals surface area contributed by atoms with E-state index in [2.05, 4.69) is 46.0 Å². The summed E-state index contributed by atoms with van der Waals surface area (Å²) >= 11 is 3.29. The fraction of sp³-hybridized carbons (Fsp3) is 0.370. The zero-order valence-corrected chi connectivity index (χ0v) is 24.2. The first-order chi connectivity index (χ1) is 18.8. The molecule has 0 spiro atoms. The molecule has 0 fully saturated rings. The average molecular weight is 617 g/mol. The summed E-state index contributed by atoms with van der Waals surface area (Å²) in [6.45, 7) is 5.36. The molecule has 2 unspecified atom stereocenters. The SMILES string of the molecule is COC(=O)C1Cc2cc(/C=C/C(=O)OC(C)(C)C)cnc2NC1=O.COC(=O)C1Cc2cc(Br)cnc2NC1=O. The molecule has 12 nitrogen and oxygen atoms in total. The molecule has 0 aliphatic carbocycles. The summed E-state index contributed by atoms with van der Waals surface area (Å²) in [5.41, 5.74) is 1.63. The van der Waals surface area contributed by atoms with Crippen molar-refractivity contribution in [2.45, 2.75) is 39.2 Å². The van der Waals surface area contributed by atoms with Gasteiger partial charge in [0, 0.05) is 22.9 Å². The van der Waals surface area contributed by atoms with E-state index in [1.165, 1.54) is 26.5 Å². The van der Waals surface area contributed by atoms with E-state index in [0.29, 0.717) is 29.2 Å². The van der Waals surface area contributed by atoms with Crippen LogP contribution in [0.25, 0.3) is 6.08 Å². The van der Waals surface area contributed by atoms with Gasteiger partial charge in [-0.2, -0.15) is 0 Å². The lowest BCUT2D eigenvalue weighted by Crippen LogP contribution is -2.36. The van der Waals surface area contributed by atoms with Gasteiger partial charge in [-0.05, 0) is 84.4 Å². The Hall–Kier alpha value is -4.13. The maximum atomic E-state index is 11.9. The number of ether oxygens (including phenoxy) is 3. The molecule has 4 heterocycles. The van der Waals surface area contributed by atoms with Crippen LogP contribution >= 0.6 is 15.9 Å². The molecule has 2 N–H and O–H groups in total. The number of amides is 2. The van der Waals surface area contributed by atoms with Gasteiger partial charge in [-0.25, -0.2) is 14.8 Å². The summed E-state index contributed by atoms with van der Waals surface area (Å²) in [5.74, 6) is -3.13. The van der Waals surface area contributed by atoms with Crippen molar-refractivity contribution in [3.05, 3.63) is 51.8 Å². The third kappa shape index (κ3) is 7.94. The van der Waals surface area contributed by atoms with Gasteiger partial charge in [0.15, 0.2) is 0 Å². The van der Waals surface area contributed by atoms with Crippen molar-refractivity contribution in [2.24, 2.45) is 11.8 Å². The standard InChI is InChI=1S/C17H20N2O5.C10H9BrN2O3/c1-17(2,3)24-13(20)6-5-10-7-11-8-12(16(22)23-4)15(21)19-14(11)18-9-10;1-16-10(15)7-3-5-2-6(11)4-12-8(5)13-9(7)14/h5-7,9,12H,8H2,1-4H3,(H,18,19,21);2,4,7H,3H2,1H3,(H,12,13,14)/b6-5+;. The van der Waals surface area contributed by atoms with E-state index in [-0.39, 0.29) is 12.3 Å². The Bertz CT molecular complexity index is 1370. The number of hydrogen-bond donors (Lipinski definition) is 2. The number of rotatable bonds is 4. The summed E-state index contributed by atoms with van der Waals surface area (Å²) in [6, 6.07) is 3.59. The maximum absolute atomic E-state index is 11.9. The molecule has 0 radical (unpaired) electrons. The highest BCUT2D eigenvalue weighted by Gasteiger charge is 2.34. The fourth-order valence-corrected chi connectivity index (χ4v) is 4.21. The Morgan fingerprint density at radius 3 is 1.90 bits per heavy atom. The van der Waals surface area contributed by atoms with Crippen LogP contribution in [0.15, 0.2) is 35.1 Å². The van der Waals surface area contributed by atoms with Crippen LogP contribution < -0.4 is 10.6 Å². The highest BCUT2D eigenvalue weighted by atomic mass is 79.9. The van der Waals surface area contributed by atoms with E-state index in [9.17, 15) is 24.0 Å². The van der Waals surface area contributed by atoms with Gasteiger partial charge in [-0.15, -0.1) is 0 Å². The van der Waals surface area contributed by atoms with Crippen LogP contribution in [0.1, 0.15) is 37.5 Å². The van der Waals surface area contributed by atoms with Crippen LogP contribution in [0, 0.1) is 11.8 Å². The molecule has 40 heavy (non-hydrogen) atoms. The number of nitrogens with zero attached hydrogens (tertiary/aromatic N) is 2. The minimum absolute atomic E-state index is 0.203. The smallest absolute Gasteiger partial charge is 0.331 e. The van der Waals surface area contributed by atoms with Crippen molar-refractivity contribution in [1.29, 1.82) is 0 Å². The van der Waals surface area contributed by atoms with Gasteiger partial charge >= 0.3 is 17.9 Å². The van der Waals surface area contributed by atoms with Crippen LogP contribution in [0.4, 0.5) is 11.6 Å². The number of esters is 3. The van der Waals surface area contributed by atoms with Crippen molar-refractivity contribution in [1.82, 2.24) is 9.97 Å². The van der Waals surface area contributed by atoms with Crippen LogP contribution in [-0.4, -0.2) is 59.5 Å². The largest absolute Gasteiger partial charge is 0.468 e.